The number of nitrogens with two attached hydrogens (primary N) is 2. The smallest absolute Gasteiger partial charge is 0.00388 e. The first-order valence-corrected chi connectivity index (χ1v) is 8.66. The van der Waals surface area contributed by atoms with Gasteiger partial charge >= 0.3 is 0 Å². The van der Waals surface area contributed by atoms with Gasteiger partial charge in [0.25, 0.3) is 0 Å². The molecule has 0 saturated carbocycles. The Kier molecular flexibility index (Phi) is 14.3. The van der Waals surface area contributed by atoms with Crippen molar-refractivity contribution in [3.05, 3.63) is 0 Å². The van der Waals surface area contributed by atoms with E-state index in [0.29, 0.717) is 12.0 Å². The van der Waals surface area contributed by atoms with E-state index in [-0.39, 0.29) is 0 Å². The van der Waals surface area contributed by atoms with Crippen LogP contribution in [0, 0.1) is 5.92 Å². The summed E-state index contributed by atoms with van der Waals surface area (Å²) >= 11 is 0. The Hall–Kier alpha value is -0.0800. The third kappa shape index (κ3) is 14.1. The highest BCUT2D eigenvalue weighted by molar-refractivity contribution is 4.61. The summed E-state index contributed by atoms with van der Waals surface area (Å²) in [4.78, 5) is 0. The van der Waals surface area contributed by atoms with Gasteiger partial charge in [0, 0.05) is 6.04 Å². The van der Waals surface area contributed by atoms with Crippen molar-refractivity contribution in [2.24, 2.45) is 17.4 Å². The van der Waals surface area contributed by atoms with Gasteiger partial charge < -0.3 is 11.5 Å². The quantitative estimate of drug-likeness (QED) is 0.453. The van der Waals surface area contributed by atoms with E-state index < -0.39 is 0 Å². The molecule has 116 valence electrons. The van der Waals surface area contributed by atoms with Crippen LogP contribution in [0.2, 0.25) is 0 Å². The molecule has 0 heterocycles. The van der Waals surface area contributed by atoms with Gasteiger partial charge in [0.1, 0.15) is 0 Å². The first kappa shape index (κ1) is 18.9. The fourth-order valence-corrected chi connectivity index (χ4v) is 2.53. The molecular formula is C17H38N2. The topological polar surface area (TPSA) is 52.0 Å². The normalized spacial score (nSPS) is 14.5. The first-order valence-electron chi connectivity index (χ1n) is 8.66. The van der Waals surface area contributed by atoms with Gasteiger partial charge in [-0.3, -0.25) is 0 Å². The van der Waals surface area contributed by atoms with Gasteiger partial charge in [-0.25, -0.2) is 0 Å². The number of rotatable bonds is 14. The van der Waals surface area contributed by atoms with Crippen LogP contribution in [0.15, 0.2) is 0 Å². The summed E-state index contributed by atoms with van der Waals surface area (Å²) in [5.74, 6) is 0.709. The average Bonchev–Trinajstić information content (AvgIpc) is 2.41. The second-order valence-corrected chi connectivity index (χ2v) is 6.30. The maximum absolute atomic E-state index is 6.11. The van der Waals surface area contributed by atoms with Crippen molar-refractivity contribution >= 4 is 0 Å². The largest absolute Gasteiger partial charge is 0.330 e. The molecule has 0 spiro atoms. The van der Waals surface area contributed by atoms with Crippen molar-refractivity contribution in [1.82, 2.24) is 0 Å². The minimum Gasteiger partial charge on any atom is -0.330 e. The molecule has 0 radical (unpaired) electrons. The van der Waals surface area contributed by atoms with E-state index in [4.69, 9.17) is 11.5 Å². The lowest BCUT2D eigenvalue weighted by Gasteiger charge is -2.11. The SMILES string of the molecule is CCCCCC(N)CCCCCCCCC(C)CN. The molecule has 4 N–H and O–H groups in total. The van der Waals surface area contributed by atoms with Gasteiger partial charge in [-0.2, -0.15) is 0 Å². The average molecular weight is 271 g/mol. The van der Waals surface area contributed by atoms with Crippen LogP contribution in [0.4, 0.5) is 0 Å². The Labute approximate surface area is 121 Å². The molecule has 0 aliphatic carbocycles. The molecule has 2 unspecified atom stereocenters. The Morgan fingerprint density at radius 1 is 0.737 bits per heavy atom. The van der Waals surface area contributed by atoms with Gasteiger partial charge in [-0.05, 0) is 31.7 Å². The van der Waals surface area contributed by atoms with Crippen LogP contribution in [0.5, 0.6) is 0 Å². The minimum atomic E-state index is 0.456. The van der Waals surface area contributed by atoms with Crippen LogP contribution >= 0.6 is 0 Å². The maximum Gasteiger partial charge on any atom is 0.00388 e. The molecule has 0 saturated heterocycles. The molecule has 0 aliphatic heterocycles. The van der Waals surface area contributed by atoms with Gasteiger partial charge in [0.15, 0.2) is 0 Å². The summed E-state index contributed by atoms with van der Waals surface area (Å²) in [6, 6.07) is 0.456. The van der Waals surface area contributed by atoms with Gasteiger partial charge in [0.2, 0.25) is 0 Å². The second kappa shape index (κ2) is 14.3. The Morgan fingerprint density at radius 2 is 1.21 bits per heavy atom. The molecule has 0 amide bonds. The van der Waals surface area contributed by atoms with E-state index >= 15 is 0 Å². The molecule has 0 aromatic heterocycles. The van der Waals surface area contributed by atoms with Gasteiger partial charge in [0.05, 0.1) is 0 Å². The predicted octanol–water partition coefficient (Wildman–Crippen LogP) is 4.61. The third-order valence-corrected chi connectivity index (χ3v) is 4.10. The predicted molar refractivity (Wildman–Crippen MR) is 87.3 cm³/mol. The van der Waals surface area contributed by atoms with Crippen LogP contribution in [0.1, 0.15) is 90.9 Å². The molecule has 0 rings (SSSR count). The zero-order valence-corrected chi connectivity index (χ0v) is 13.5. The van der Waals surface area contributed by atoms with E-state index in [1.165, 1.54) is 77.0 Å². The Bertz CT molecular complexity index is 171. The van der Waals surface area contributed by atoms with Gasteiger partial charge in [-0.1, -0.05) is 71.6 Å². The summed E-state index contributed by atoms with van der Waals surface area (Å²) < 4.78 is 0. The molecule has 2 atom stereocenters. The molecule has 19 heavy (non-hydrogen) atoms. The third-order valence-electron chi connectivity index (χ3n) is 4.10. The molecule has 0 aromatic carbocycles. The number of hydrogen-bond acceptors (Lipinski definition) is 2. The molecule has 2 heteroatoms. The second-order valence-electron chi connectivity index (χ2n) is 6.30. The van der Waals surface area contributed by atoms with Crippen molar-refractivity contribution in [3.63, 3.8) is 0 Å². The van der Waals surface area contributed by atoms with Crippen molar-refractivity contribution in [1.29, 1.82) is 0 Å². The Balaban J connectivity index is 3.13. The minimum absolute atomic E-state index is 0.456. The molecule has 0 aromatic rings. The van der Waals surface area contributed by atoms with Crippen LogP contribution in [-0.2, 0) is 0 Å². The summed E-state index contributed by atoms with van der Waals surface area (Å²) in [6.45, 7) is 5.34. The summed E-state index contributed by atoms with van der Waals surface area (Å²) in [7, 11) is 0. The van der Waals surface area contributed by atoms with Crippen molar-refractivity contribution in [2.75, 3.05) is 6.54 Å². The number of unbranched alkanes of at least 4 members (excludes halogenated alkanes) is 7. The molecule has 0 bridgehead atoms. The van der Waals surface area contributed by atoms with Gasteiger partial charge in [-0.15, -0.1) is 0 Å². The van der Waals surface area contributed by atoms with E-state index in [1.54, 1.807) is 0 Å². The van der Waals surface area contributed by atoms with E-state index in [9.17, 15) is 0 Å². The summed E-state index contributed by atoms with van der Waals surface area (Å²) in [5.41, 5.74) is 11.7. The van der Waals surface area contributed by atoms with Crippen LogP contribution in [0.3, 0.4) is 0 Å². The first-order chi connectivity index (χ1) is 9.20. The van der Waals surface area contributed by atoms with Crippen molar-refractivity contribution in [3.8, 4) is 0 Å². The summed E-state index contributed by atoms with van der Waals surface area (Å²) in [6.07, 6.45) is 15.9. The van der Waals surface area contributed by atoms with E-state index in [0.717, 1.165) is 6.54 Å². The van der Waals surface area contributed by atoms with Crippen LogP contribution < -0.4 is 11.5 Å². The fraction of sp³-hybridized carbons (Fsp3) is 1.00. The lowest BCUT2D eigenvalue weighted by molar-refractivity contribution is 0.473. The van der Waals surface area contributed by atoms with Crippen LogP contribution in [0.25, 0.3) is 0 Å². The highest BCUT2D eigenvalue weighted by Gasteiger charge is 2.02. The van der Waals surface area contributed by atoms with Crippen LogP contribution in [-0.4, -0.2) is 12.6 Å². The standard InChI is InChI=1S/C17H38N2/c1-3-4-9-13-17(19)14-11-8-6-5-7-10-12-16(2)15-18/h16-17H,3-15,18-19H2,1-2H3. The lowest BCUT2D eigenvalue weighted by Crippen LogP contribution is -2.19. The monoisotopic (exact) mass is 270 g/mol. The molecule has 2 nitrogen and oxygen atoms in total. The number of hydrogen-bond donors (Lipinski definition) is 2. The van der Waals surface area contributed by atoms with E-state index in [1.807, 2.05) is 0 Å². The molecule has 0 aliphatic rings. The van der Waals surface area contributed by atoms with Crippen molar-refractivity contribution in [2.45, 2.75) is 96.9 Å². The maximum atomic E-state index is 6.11. The van der Waals surface area contributed by atoms with E-state index in [2.05, 4.69) is 13.8 Å². The zero-order valence-electron chi connectivity index (χ0n) is 13.5. The zero-order chi connectivity index (χ0) is 14.3. The highest BCUT2D eigenvalue weighted by Crippen LogP contribution is 2.13. The summed E-state index contributed by atoms with van der Waals surface area (Å²) in [5, 5.41) is 0. The lowest BCUT2D eigenvalue weighted by atomic mass is 10.00. The van der Waals surface area contributed by atoms with Crippen molar-refractivity contribution < 1.29 is 0 Å². The molecule has 0 fully saturated rings. The Morgan fingerprint density at radius 3 is 1.74 bits per heavy atom. The molecular weight excluding hydrogens is 232 g/mol. The highest BCUT2D eigenvalue weighted by atomic mass is 14.6. The fourth-order valence-electron chi connectivity index (χ4n) is 2.53.